The van der Waals surface area contributed by atoms with Crippen LogP contribution in [0.5, 0.6) is 0 Å². The summed E-state index contributed by atoms with van der Waals surface area (Å²) in [4.78, 5) is -0.209. The normalized spacial score (nSPS) is 12.1. The van der Waals surface area contributed by atoms with E-state index in [-0.39, 0.29) is 4.90 Å². The molecule has 0 bridgehead atoms. The zero-order valence-electron chi connectivity index (χ0n) is 10.5. The fourth-order valence-electron chi connectivity index (χ4n) is 1.57. The van der Waals surface area contributed by atoms with Crippen molar-refractivity contribution in [3.8, 4) is 0 Å². The van der Waals surface area contributed by atoms with Crippen molar-refractivity contribution in [3.05, 3.63) is 29.8 Å². The lowest BCUT2D eigenvalue weighted by atomic mass is 10.3. The van der Waals surface area contributed by atoms with Crippen LogP contribution >= 0.6 is 0 Å². The van der Waals surface area contributed by atoms with E-state index in [0.29, 0.717) is 13.1 Å². The molecule has 102 valence electrons. The molecule has 0 heterocycles. The van der Waals surface area contributed by atoms with Gasteiger partial charge in [0.2, 0.25) is 10.0 Å². The number of hydrogen-bond acceptors (Lipinski definition) is 2. The molecule has 6 heteroatoms. The van der Waals surface area contributed by atoms with E-state index in [1.54, 1.807) is 6.92 Å². The van der Waals surface area contributed by atoms with E-state index in [2.05, 4.69) is 0 Å². The van der Waals surface area contributed by atoms with Gasteiger partial charge in [-0.15, -0.1) is 0 Å². The number of unbranched alkanes of at least 4 members (excludes halogenated alkanes) is 1. The summed E-state index contributed by atoms with van der Waals surface area (Å²) in [5, 5.41) is 0. The number of sulfonamides is 1. The Kier molecular flexibility index (Phi) is 5.22. The average Bonchev–Trinajstić information content (AvgIpc) is 2.33. The second-order valence-corrected chi connectivity index (χ2v) is 5.86. The lowest BCUT2D eigenvalue weighted by molar-refractivity contribution is 0.418. The first-order chi connectivity index (χ1) is 8.43. The van der Waals surface area contributed by atoms with Crippen LogP contribution in [0, 0.1) is 11.6 Å². The summed E-state index contributed by atoms with van der Waals surface area (Å²) < 4.78 is 51.5. The number of benzene rings is 1. The highest BCUT2D eigenvalue weighted by Crippen LogP contribution is 2.18. The monoisotopic (exact) mass is 277 g/mol. The van der Waals surface area contributed by atoms with Gasteiger partial charge >= 0.3 is 0 Å². The molecule has 0 aromatic heterocycles. The van der Waals surface area contributed by atoms with Gasteiger partial charge in [0.1, 0.15) is 0 Å². The summed E-state index contributed by atoms with van der Waals surface area (Å²) in [5.41, 5.74) is 0. The van der Waals surface area contributed by atoms with Crippen molar-refractivity contribution in [2.45, 2.75) is 31.6 Å². The molecule has 0 atom stereocenters. The minimum absolute atomic E-state index is 0.209. The van der Waals surface area contributed by atoms with Crippen LogP contribution in [-0.2, 0) is 10.0 Å². The van der Waals surface area contributed by atoms with E-state index >= 15 is 0 Å². The molecule has 0 saturated carbocycles. The summed E-state index contributed by atoms with van der Waals surface area (Å²) in [5.74, 6) is -2.20. The highest BCUT2D eigenvalue weighted by molar-refractivity contribution is 7.89. The third-order valence-corrected chi connectivity index (χ3v) is 4.61. The van der Waals surface area contributed by atoms with Crippen LogP contribution < -0.4 is 0 Å². The predicted octanol–water partition coefficient (Wildman–Crippen LogP) is 2.78. The van der Waals surface area contributed by atoms with Gasteiger partial charge in [-0.3, -0.25) is 0 Å². The molecule has 0 fully saturated rings. The molecule has 1 aromatic rings. The van der Waals surface area contributed by atoms with Gasteiger partial charge in [-0.05, 0) is 24.6 Å². The third kappa shape index (κ3) is 3.26. The molecule has 1 rings (SSSR count). The van der Waals surface area contributed by atoms with E-state index in [4.69, 9.17) is 0 Å². The van der Waals surface area contributed by atoms with Crippen LogP contribution in [0.1, 0.15) is 26.7 Å². The Morgan fingerprint density at radius 2 is 1.83 bits per heavy atom. The lowest BCUT2D eigenvalue weighted by Crippen LogP contribution is -2.31. The minimum Gasteiger partial charge on any atom is -0.207 e. The summed E-state index contributed by atoms with van der Waals surface area (Å²) in [6.07, 6.45) is 1.60. The fraction of sp³-hybridized carbons (Fsp3) is 0.500. The SMILES string of the molecule is CCCCN(CC)S(=O)(=O)c1ccc(F)c(F)c1. The molecule has 1 aromatic carbocycles. The molecule has 0 unspecified atom stereocenters. The molecule has 0 radical (unpaired) electrons. The fourth-order valence-corrected chi connectivity index (χ4v) is 3.07. The standard InChI is InChI=1S/C12H17F2NO2S/c1-3-5-8-15(4-2)18(16,17)10-6-7-11(13)12(14)9-10/h6-7,9H,3-5,8H2,1-2H3. The second-order valence-electron chi connectivity index (χ2n) is 3.93. The second kappa shape index (κ2) is 6.24. The molecular formula is C12H17F2NO2S. The van der Waals surface area contributed by atoms with Gasteiger partial charge in [0, 0.05) is 13.1 Å². The maximum atomic E-state index is 13.1. The molecule has 18 heavy (non-hydrogen) atoms. The van der Waals surface area contributed by atoms with Crippen LogP contribution in [0.2, 0.25) is 0 Å². The lowest BCUT2D eigenvalue weighted by Gasteiger charge is -2.20. The number of hydrogen-bond donors (Lipinski definition) is 0. The van der Waals surface area contributed by atoms with Crippen LogP contribution in [-0.4, -0.2) is 25.8 Å². The highest BCUT2D eigenvalue weighted by atomic mass is 32.2. The molecule has 0 aliphatic heterocycles. The first-order valence-corrected chi connectivity index (χ1v) is 7.32. The summed E-state index contributed by atoms with van der Waals surface area (Å²) in [6, 6.07) is 2.64. The summed E-state index contributed by atoms with van der Waals surface area (Å²) in [7, 11) is -3.74. The Hall–Kier alpha value is -1.01. The molecular weight excluding hydrogens is 260 g/mol. The van der Waals surface area contributed by atoms with Gasteiger partial charge in [0.05, 0.1) is 4.90 Å². The number of halogens is 2. The van der Waals surface area contributed by atoms with Crippen molar-refractivity contribution >= 4 is 10.0 Å². The molecule has 0 aliphatic rings. The zero-order chi connectivity index (χ0) is 13.8. The van der Waals surface area contributed by atoms with Gasteiger partial charge in [-0.25, -0.2) is 17.2 Å². The van der Waals surface area contributed by atoms with Gasteiger partial charge in [0.15, 0.2) is 11.6 Å². The van der Waals surface area contributed by atoms with Crippen LogP contribution in [0.3, 0.4) is 0 Å². The van der Waals surface area contributed by atoms with E-state index < -0.39 is 21.7 Å². The van der Waals surface area contributed by atoms with Crippen LogP contribution in [0.15, 0.2) is 23.1 Å². The number of rotatable bonds is 6. The van der Waals surface area contributed by atoms with Crippen molar-refractivity contribution in [2.75, 3.05) is 13.1 Å². The van der Waals surface area contributed by atoms with Crippen molar-refractivity contribution in [2.24, 2.45) is 0 Å². The molecule has 0 aliphatic carbocycles. The maximum Gasteiger partial charge on any atom is 0.243 e. The summed E-state index contributed by atoms with van der Waals surface area (Å²) in [6.45, 7) is 4.36. The largest absolute Gasteiger partial charge is 0.243 e. The molecule has 0 N–H and O–H groups in total. The summed E-state index contributed by atoms with van der Waals surface area (Å²) >= 11 is 0. The average molecular weight is 277 g/mol. The van der Waals surface area contributed by atoms with Crippen molar-refractivity contribution < 1.29 is 17.2 Å². The molecule has 0 saturated heterocycles. The van der Waals surface area contributed by atoms with E-state index in [9.17, 15) is 17.2 Å². The van der Waals surface area contributed by atoms with Crippen LogP contribution in [0.4, 0.5) is 8.78 Å². The number of nitrogens with zero attached hydrogens (tertiary/aromatic N) is 1. The van der Waals surface area contributed by atoms with E-state index in [1.165, 1.54) is 4.31 Å². The van der Waals surface area contributed by atoms with Gasteiger partial charge in [-0.2, -0.15) is 4.31 Å². The van der Waals surface area contributed by atoms with Crippen molar-refractivity contribution in [1.82, 2.24) is 4.31 Å². The maximum absolute atomic E-state index is 13.1. The first-order valence-electron chi connectivity index (χ1n) is 5.88. The van der Waals surface area contributed by atoms with Crippen molar-refractivity contribution in [3.63, 3.8) is 0 Å². The van der Waals surface area contributed by atoms with Gasteiger partial charge in [0.25, 0.3) is 0 Å². The van der Waals surface area contributed by atoms with Crippen LogP contribution in [0.25, 0.3) is 0 Å². The highest BCUT2D eigenvalue weighted by Gasteiger charge is 2.23. The van der Waals surface area contributed by atoms with Gasteiger partial charge in [-0.1, -0.05) is 20.3 Å². The first kappa shape index (κ1) is 15.0. The molecule has 0 spiro atoms. The minimum atomic E-state index is -3.74. The van der Waals surface area contributed by atoms with E-state index in [1.807, 2.05) is 6.92 Å². The Balaban J connectivity index is 3.06. The predicted molar refractivity (Wildman–Crippen MR) is 65.7 cm³/mol. The zero-order valence-corrected chi connectivity index (χ0v) is 11.3. The Morgan fingerprint density at radius 3 is 2.33 bits per heavy atom. The molecule has 0 amide bonds. The van der Waals surface area contributed by atoms with Gasteiger partial charge < -0.3 is 0 Å². The Morgan fingerprint density at radius 1 is 1.17 bits per heavy atom. The Bertz CT molecular complexity index is 503. The third-order valence-electron chi connectivity index (χ3n) is 2.64. The van der Waals surface area contributed by atoms with E-state index in [0.717, 1.165) is 31.0 Å². The topological polar surface area (TPSA) is 37.4 Å². The smallest absolute Gasteiger partial charge is 0.207 e. The van der Waals surface area contributed by atoms with Crippen molar-refractivity contribution in [1.29, 1.82) is 0 Å². The Labute approximate surface area is 106 Å². The quantitative estimate of drug-likeness (QED) is 0.802. The molecule has 3 nitrogen and oxygen atoms in total.